The van der Waals surface area contributed by atoms with E-state index in [1.54, 1.807) is 12.2 Å². The lowest BCUT2D eigenvalue weighted by Gasteiger charge is -2.13. The molecule has 1 aliphatic carbocycles. The summed E-state index contributed by atoms with van der Waals surface area (Å²) in [7, 11) is 0. The fraction of sp³-hybridized carbons (Fsp3) is 0.214. The van der Waals surface area contributed by atoms with Crippen molar-refractivity contribution in [3.8, 4) is 6.07 Å². The van der Waals surface area contributed by atoms with Gasteiger partial charge in [0.05, 0.1) is 34.3 Å². The molecule has 2 amide bonds. The highest BCUT2D eigenvalue weighted by molar-refractivity contribution is 6.33. The smallest absolute Gasteiger partial charge is 0.319 e. The van der Waals surface area contributed by atoms with Gasteiger partial charge >= 0.3 is 12.0 Å². The molecule has 0 radical (unpaired) electrons. The van der Waals surface area contributed by atoms with Gasteiger partial charge in [0.1, 0.15) is 0 Å². The van der Waals surface area contributed by atoms with Gasteiger partial charge in [-0.15, -0.1) is 0 Å². The number of hydrogen-bond acceptors (Lipinski definition) is 3. The van der Waals surface area contributed by atoms with Gasteiger partial charge < -0.3 is 15.7 Å². The normalized spacial score (nSPS) is 19.8. The summed E-state index contributed by atoms with van der Waals surface area (Å²) >= 11 is 5.95. The van der Waals surface area contributed by atoms with E-state index in [2.05, 4.69) is 10.6 Å². The molecular formula is C14H12ClN3O3. The lowest BCUT2D eigenvalue weighted by atomic mass is 10.1. The molecule has 3 N–H and O–H groups in total. The van der Waals surface area contributed by atoms with E-state index in [4.69, 9.17) is 22.0 Å². The number of carboxylic acid groups (broad SMARTS) is 1. The fourth-order valence-electron chi connectivity index (χ4n) is 2.00. The maximum atomic E-state index is 11.8. The maximum absolute atomic E-state index is 11.8. The molecule has 2 atom stereocenters. The molecule has 1 aliphatic rings. The van der Waals surface area contributed by atoms with Crippen molar-refractivity contribution in [2.45, 2.75) is 12.5 Å². The van der Waals surface area contributed by atoms with Crippen molar-refractivity contribution in [2.24, 2.45) is 5.92 Å². The zero-order valence-electron chi connectivity index (χ0n) is 10.8. The van der Waals surface area contributed by atoms with Gasteiger partial charge in [0.2, 0.25) is 0 Å². The monoisotopic (exact) mass is 305 g/mol. The Balaban J connectivity index is 1.93. The summed E-state index contributed by atoms with van der Waals surface area (Å²) in [6, 6.07) is 5.65. The first-order valence-electron chi connectivity index (χ1n) is 6.18. The minimum Gasteiger partial charge on any atom is -0.481 e. The largest absolute Gasteiger partial charge is 0.481 e. The number of nitrogens with zero attached hydrogens (tertiary/aromatic N) is 1. The number of carbonyl (C=O) groups is 2. The second kappa shape index (κ2) is 6.29. The number of anilines is 1. The number of benzene rings is 1. The number of aliphatic carboxylic acids is 1. The fourth-order valence-corrected chi connectivity index (χ4v) is 2.23. The zero-order chi connectivity index (χ0) is 15.4. The first kappa shape index (κ1) is 14.9. The maximum Gasteiger partial charge on any atom is 0.319 e. The van der Waals surface area contributed by atoms with Crippen molar-refractivity contribution in [3.05, 3.63) is 40.9 Å². The van der Waals surface area contributed by atoms with Crippen LogP contribution in [0.4, 0.5) is 10.5 Å². The Morgan fingerprint density at radius 2 is 2.14 bits per heavy atom. The lowest BCUT2D eigenvalue weighted by molar-refractivity contribution is -0.140. The van der Waals surface area contributed by atoms with Crippen molar-refractivity contribution in [1.29, 1.82) is 5.26 Å². The van der Waals surface area contributed by atoms with Crippen LogP contribution in [0.2, 0.25) is 5.02 Å². The van der Waals surface area contributed by atoms with Gasteiger partial charge in [0.25, 0.3) is 0 Å². The van der Waals surface area contributed by atoms with Crippen molar-refractivity contribution in [3.63, 3.8) is 0 Å². The molecule has 0 fully saturated rings. The van der Waals surface area contributed by atoms with Crippen LogP contribution < -0.4 is 10.6 Å². The van der Waals surface area contributed by atoms with E-state index in [1.165, 1.54) is 18.2 Å². The van der Waals surface area contributed by atoms with Gasteiger partial charge in [-0.05, 0) is 24.6 Å². The lowest BCUT2D eigenvalue weighted by Crippen LogP contribution is -2.36. The van der Waals surface area contributed by atoms with Gasteiger partial charge in [-0.3, -0.25) is 4.79 Å². The quantitative estimate of drug-likeness (QED) is 0.746. The molecule has 6 nitrogen and oxygen atoms in total. The van der Waals surface area contributed by atoms with E-state index >= 15 is 0 Å². The van der Waals surface area contributed by atoms with Crippen LogP contribution in [0, 0.1) is 17.2 Å². The van der Waals surface area contributed by atoms with Crippen molar-refractivity contribution >= 4 is 29.3 Å². The highest BCUT2D eigenvalue weighted by Gasteiger charge is 2.25. The van der Waals surface area contributed by atoms with E-state index in [9.17, 15) is 9.59 Å². The van der Waals surface area contributed by atoms with Crippen LogP contribution in [0.25, 0.3) is 0 Å². The Labute approximate surface area is 126 Å². The molecule has 0 aliphatic heterocycles. The summed E-state index contributed by atoms with van der Waals surface area (Å²) in [5.74, 6) is -1.49. The molecule has 108 valence electrons. The molecule has 2 unspecified atom stereocenters. The number of hydrogen-bond donors (Lipinski definition) is 3. The molecule has 1 aromatic carbocycles. The highest BCUT2D eigenvalue weighted by atomic mass is 35.5. The predicted octanol–water partition coefficient (Wildman–Crippen LogP) is 2.36. The van der Waals surface area contributed by atoms with Crippen molar-refractivity contribution in [2.75, 3.05) is 5.32 Å². The van der Waals surface area contributed by atoms with Crippen LogP contribution >= 0.6 is 11.6 Å². The molecule has 0 heterocycles. The van der Waals surface area contributed by atoms with E-state index in [1.807, 2.05) is 6.07 Å². The topological polar surface area (TPSA) is 102 Å². The van der Waals surface area contributed by atoms with Crippen LogP contribution in [-0.4, -0.2) is 23.1 Å². The van der Waals surface area contributed by atoms with Crippen molar-refractivity contribution < 1.29 is 14.7 Å². The van der Waals surface area contributed by atoms with Crippen molar-refractivity contribution in [1.82, 2.24) is 5.32 Å². The summed E-state index contributed by atoms with van der Waals surface area (Å²) in [5.41, 5.74) is 0.777. The van der Waals surface area contributed by atoms with Crippen LogP contribution in [0.15, 0.2) is 30.4 Å². The van der Waals surface area contributed by atoms with Crippen LogP contribution in [0.3, 0.4) is 0 Å². The number of nitriles is 1. The number of carbonyl (C=O) groups excluding carboxylic acids is 1. The third-order valence-corrected chi connectivity index (χ3v) is 3.38. The predicted molar refractivity (Wildman–Crippen MR) is 77.0 cm³/mol. The molecule has 21 heavy (non-hydrogen) atoms. The molecule has 0 spiro atoms. The summed E-state index contributed by atoms with van der Waals surface area (Å²) < 4.78 is 0. The van der Waals surface area contributed by atoms with Crippen LogP contribution in [0.5, 0.6) is 0 Å². The molecule has 0 aromatic heterocycles. The molecule has 7 heteroatoms. The average Bonchev–Trinajstić information content (AvgIpc) is 2.89. The van der Waals surface area contributed by atoms with E-state index < -0.39 is 17.9 Å². The molecule has 1 aromatic rings. The Morgan fingerprint density at radius 1 is 1.38 bits per heavy atom. The number of amides is 2. The standard InChI is InChI=1S/C14H12ClN3O3/c15-11-5-8(7-16)1-4-12(11)18-14(21)17-10-3-2-9(6-10)13(19)20/h1-5,9-10H,6H2,(H,19,20)(H2,17,18,21). The Bertz CT molecular complexity index is 651. The number of urea groups is 1. The van der Waals surface area contributed by atoms with Gasteiger partial charge in [0, 0.05) is 0 Å². The van der Waals surface area contributed by atoms with E-state index in [-0.39, 0.29) is 11.1 Å². The third-order valence-electron chi connectivity index (χ3n) is 3.06. The molecule has 0 saturated carbocycles. The number of rotatable bonds is 3. The van der Waals surface area contributed by atoms with E-state index in [0.29, 0.717) is 17.7 Å². The van der Waals surface area contributed by atoms with Crippen LogP contribution in [0.1, 0.15) is 12.0 Å². The minimum atomic E-state index is -0.911. The third kappa shape index (κ3) is 3.74. The number of carboxylic acids is 1. The Hall–Kier alpha value is -2.52. The second-order valence-electron chi connectivity index (χ2n) is 4.58. The SMILES string of the molecule is N#Cc1ccc(NC(=O)NC2C=CC(C(=O)O)C2)c(Cl)c1. The summed E-state index contributed by atoms with van der Waals surface area (Å²) in [4.78, 5) is 22.6. The van der Waals surface area contributed by atoms with Gasteiger partial charge in [0.15, 0.2) is 0 Å². The summed E-state index contributed by atoms with van der Waals surface area (Å²) in [6.45, 7) is 0. The van der Waals surface area contributed by atoms with Gasteiger partial charge in [-0.1, -0.05) is 23.8 Å². The summed E-state index contributed by atoms with van der Waals surface area (Å²) in [6.07, 6.45) is 3.53. The number of nitrogens with one attached hydrogen (secondary N) is 2. The summed E-state index contributed by atoms with van der Waals surface area (Å²) in [5, 5.41) is 23.1. The van der Waals surface area contributed by atoms with Gasteiger partial charge in [-0.2, -0.15) is 5.26 Å². The minimum absolute atomic E-state index is 0.259. The molecular weight excluding hydrogens is 294 g/mol. The first-order valence-corrected chi connectivity index (χ1v) is 6.55. The van der Waals surface area contributed by atoms with Crippen LogP contribution in [-0.2, 0) is 4.79 Å². The first-order chi connectivity index (χ1) is 9.99. The Morgan fingerprint density at radius 3 is 2.71 bits per heavy atom. The highest BCUT2D eigenvalue weighted by Crippen LogP contribution is 2.23. The average molecular weight is 306 g/mol. The van der Waals surface area contributed by atoms with Gasteiger partial charge in [-0.25, -0.2) is 4.79 Å². The molecule has 0 bridgehead atoms. The zero-order valence-corrected chi connectivity index (χ0v) is 11.6. The second-order valence-corrected chi connectivity index (χ2v) is 4.98. The van der Waals surface area contributed by atoms with E-state index in [0.717, 1.165) is 0 Å². The Kier molecular flexibility index (Phi) is 4.45. The molecule has 0 saturated heterocycles. The number of halogens is 1. The molecule has 2 rings (SSSR count).